The molecule has 5 heteroatoms. The van der Waals surface area contributed by atoms with E-state index < -0.39 is 5.41 Å². The summed E-state index contributed by atoms with van der Waals surface area (Å²) in [6, 6.07) is 9.64. The first-order valence-electron chi connectivity index (χ1n) is 7.16. The van der Waals surface area contributed by atoms with E-state index in [2.05, 4.69) is 10.4 Å². The molecule has 0 saturated heterocycles. The lowest BCUT2D eigenvalue weighted by Gasteiger charge is -2.25. The molecular weight excluding hydrogens is 264 g/mol. The number of carbonyl (C=O) groups is 1. The molecule has 0 fully saturated rings. The third-order valence-electron chi connectivity index (χ3n) is 3.94. The van der Waals surface area contributed by atoms with Crippen LogP contribution < -0.4 is 11.1 Å². The number of rotatable bonds is 6. The van der Waals surface area contributed by atoms with Crippen LogP contribution in [-0.4, -0.2) is 22.2 Å². The Kier molecular flexibility index (Phi) is 4.75. The first kappa shape index (κ1) is 15.3. The van der Waals surface area contributed by atoms with Crippen LogP contribution in [0.25, 0.3) is 0 Å². The lowest BCUT2D eigenvalue weighted by molar-refractivity contribution is -0.124. The maximum absolute atomic E-state index is 12.4. The van der Waals surface area contributed by atoms with Crippen molar-refractivity contribution in [2.75, 3.05) is 11.9 Å². The van der Waals surface area contributed by atoms with Crippen LogP contribution >= 0.6 is 0 Å². The molecule has 1 heterocycles. The van der Waals surface area contributed by atoms with Crippen LogP contribution in [0.1, 0.15) is 25.8 Å². The number of nitrogens with two attached hydrogens (primary N) is 1. The van der Waals surface area contributed by atoms with E-state index in [1.807, 2.05) is 55.1 Å². The zero-order valence-corrected chi connectivity index (χ0v) is 12.5. The van der Waals surface area contributed by atoms with E-state index in [0.717, 1.165) is 11.3 Å². The van der Waals surface area contributed by atoms with E-state index >= 15 is 0 Å². The van der Waals surface area contributed by atoms with Gasteiger partial charge >= 0.3 is 0 Å². The fourth-order valence-electron chi connectivity index (χ4n) is 2.02. The number of anilines is 1. The average molecular weight is 286 g/mol. The third-order valence-corrected chi connectivity index (χ3v) is 3.94. The maximum Gasteiger partial charge on any atom is 0.231 e. The quantitative estimate of drug-likeness (QED) is 0.855. The maximum atomic E-state index is 12.4. The Morgan fingerprint density at radius 2 is 2.14 bits per heavy atom. The highest BCUT2D eigenvalue weighted by Crippen LogP contribution is 2.24. The molecule has 0 spiro atoms. The molecule has 0 saturated carbocycles. The molecule has 21 heavy (non-hydrogen) atoms. The summed E-state index contributed by atoms with van der Waals surface area (Å²) < 4.78 is 1.83. The number of para-hydroxylation sites is 1. The predicted molar refractivity (Wildman–Crippen MR) is 83.9 cm³/mol. The van der Waals surface area contributed by atoms with E-state index in [-0.39, 0.29) is 5.91 Å². The molecule has 112 valence electrons. The molecule has 1 amide bonds. The standard InChI is InChI=1S/C16H22N4O/c1-3-16(2,12-17)15(21)19-14-8-5-4-7-13(14)11-20-10-6-9-18-20/h4-10H,3,11-12,17H2,1-2H3,(H,19,21). The second-order valence-corrected chi connectivity index (χ2v) is 5.43. The molecule has 0 aliphatic carbocycles. The monoisotopic (exact) mass is 286 g/mol. The van der Waals surface area contributed by atoms with Gasteiger partial charge in [-0.05, 0) is 31.0 Å². The van der Waals surface area contributed by atoms with Crippen molar-refractivity contribution in [2.24, 2.45) is 11.1 Å². The number of nitrogens with one attached hydrogen (secondary N) is 1. The van der Waals surface area contributed by atoms with Crippen LogP contribution in [0.2, 0.25) is 0 Å². The zero-order chi connectivity index (χ0) is 15.3. The van der Waals surface area contributed by atoms with Crippen molar-refractivity contribution in [2.45, 2.75) is 26.8 Å². The molecule has 5 nitrogen and oxygen atoms in total. The minimum Gasteiger partial charge on any atom is -0.329 e. The van der Waals surface area contributed by atoms with Gasteiger partial charge < -0.3 is 11.1 Å². The summed E-state index contributed by atoms with van der Waals surface area (Å²) in [5.41, 5.74) is 7.03. The van der Waals surface area contributed by atoms with Gasteiger partial charge in [0.05, 0.1) is 12.0 Å². The number of benzene rings is 1. The highest BCUT2D eigenvalue weighted by atomic mass is 16.2. The van der Waals surface area contributed by atoms with E-state index in [0.29, 0.717) is 19.5 Å². The smallest absolute Gasteiger partial charge is 0.231 e. The summed E-state index contributed by atoms with van der Waals surface area (Å²) >= 11 is 0. The second kappa shape index (κ2) is 6.54. The molecule has 1 atom stereocenters. The van der Waals surface area contributed by atoms with E-state index in [9.17, 15) is 4.79 Å². The Hall–Kier alpha value is -2.14. The molecule has 3 N–H and O–H groups in total. The van der Waals surface area contributed by atoms with Crippen LogP contribution in [0, 0.1) is 5.41 Å². The summed E-state index contributed by atoms with van der Waals surface area (Å²) in [7, 11) is 0. The average Bonchev–Trinajstić information content (AvgIpc) is 3.01. The highest BCUT2D eigenvalue weighted by molar-refractivity contribution is 5.95. The van der Waals surface area contributed by atoms with Crippen LogP contribution in [0.5, 0.6) is 0 Å². The van der Waals surface area contributed by atoms with Gasteiger partial charge in [0.15, 0.2) is 0 Å². The van der Waals surface area contributed by atoms with Gasteiger partial charge in [-0.25, -0.2) is 0 Å². The van der Waals surface area contributed by atoms with Crippen molar-refractivity contribution in [1.29, 1.82) is 0 Å². The van der Waals surface area contributed by atoms with Gasteiger partial charge in [0, 0.05) is 24.6 Å². The summed E-state index contributed by atoms with van der Waals surface area (Å²) in [6.45, 7) is 4.81. The molecular formula is C16H22N4O. The zero-order valence-electron chi connectivity index (χ0n) is 12.5. The minimum absolute atomic E-state index is 0.0413. The van der Waals surface area contributed by atoms with Crippen LogP contribution in [0.15, 0.2) is 42.7 Å². The first-order chi connectivity index (χ1) is 10.1. The third kappa shape index (κ3) is 3.49. The molecule has 1 aromatic heterocycles. The summed E-state index contributed by atoms with van der Waals surface area (Å²) in [5, 5.41) is 7.20. The fourth-order valence-corrected chi connectivity index (χ4v) is 2.02. The molecule has 1 unspecified atom stereocenters. The van der Waals surface area contributed by atoms with E-state index in [4.69, 9.17) is 5.73 Å². The number of hydrogen-bond acceptors (Lipinski definition) is 3. The van der Waals surface area contributed by atoms with Crippen molar-refractivity contribution in [3.63, 3.8) is 0 Å². The predicted octanol–water partition coefficient (Wildman–Crippen LogP) is 2.24. The Balaban J connectivity index is 2.19. The number of aromatic nitrogens is 2. The highest BCUT2D eigenvalue weighted by Gasteiger charge is 2.29. The van der Waals surface area contributed by atoms with Crippen LogP contribution in [0.4, 0.5) is 5.69 Å². The van der Waals surface area contributed by atoms with Gasteiger partial charge in [-0.3, -0.25) is 9.48 Å². The molecule has 0 radical (unpaired) electrons. The molecule has 0 aliphatic heterocycles. The van der Waals surface area contributed by atoms with Gasteiger partial charge in [-0.2, -0.15) is 5.10 Å². The van der Waals surface area contributed by atoms with Gasteiger partial charge in [0.25, 0.3) is 0 Å². The number of amides is 1. The Bertz CT molecular complexity index is 588. The van der Waals surface area contributed by atoms with Crippen LogP contribution in [0.3, 0.4) is 0 Å². The lowest BCUT2D eigenvalue weighted by Crippen LogP contribution is -2.39. The lowest BCUT2D eigenvalue weighted by atomic mass is 9.86. The number of carbonyl (C=O) groups excluding carboxylic acids is 1. The van der Waals surface area contributed by atoms with Gasteiger partial charge in [-0.1, -0.05) is 25.1 Å². The van der Waals surface area contributed by atoms with Gasteiger partial charge in [0.2, 0.25) is 5.91 Å². The SMILES string of the molecule is CCC(C)(CN)C(=O)Nc1ccccc1Cn1cccn1. The van der Waals surface area contributed by atoms with Gasteiger partial charge in [-0.15, -0.1) is 0 Å². The molecule has 0 aliphatic rings. The fraction of sp³-hybridized carbons (Fsp3) is 0.375. The molecule has 1 aromatic carbocycles. The Morgan fingerprint density at radius 3 is 2.76 bits per heavy atom. The minimum atomic E-state index is -0.543. The van der Waals surface area contributed by atoms with E-state index in [1.54, 1.807) is 6.20 Å². The summed E-state index contributed by atoms with van der Waals surface area (Å²) in [4.78, 5) is 12.4. The number of nitrogens with zero attached hydrogens (tertiary/aromatic N) is 2. The topological polar surface area (TPSA) is 72.9 Å². The van der Waals surface area contributed by atoms with Crippen LogP contribution in [-0.2, 0) is 11.3 Å². The van der Waals surface area contributed by atoms with Crippen molar-refractivity contribution in [1.82, 2.24) is 9.78 Å². The summed E-state index contributed by atoms with van der Waals surface area (Å²) in [6.07, 6.45) is 4.34. The molecule has 0 bridgehead atoms. The molecule has 2 rings (SSSR count). The van der Waals surface area contributed by atoms with Crippen molar-refractivity contribution in [3.8, 4) is 0 Å². The number of hydrogen-bond donors (Lipinski definition) is 2. The largest absolute Gasteiger partial charge is 0.329 e. The Morgan fingerprint density at radius 1 is 1.38 bits per heavy atom. The van der Waals surface area contributed by atoms with Crippen molar-refractivity contribution < 1.29 is 4.79 Å². The molecule has 2 aromatic rings. The Labute approximate surface area is 125 Å². The first-order valence-corrected chi connectivity index (χ1v) is 7.16. The van der Waals surface area contributed by atoms with Gasteiger partial charge in [0.1, 0.15) is 0 Å². The summed E-state index contributed by atoms with van der Waals surface area (Å²) in [5.74, 6) is -0.0413. The second-order valence-electron chi connectivity index (χ2n) is 5.43. The van der Waals surface area contributed by atoms with Crippen molar-refractivity contribution in [3.05, 3.63) is 48.3 Å². The normalized spacial score (nSPS) is 13.7. The van der Waals surface area contributed by atoms with Crippen molar-refractivity contribution >= 4 is 11.6 Å². The van der Waals surface area contributed by atoms with E-state index in [1.165, 1.54) is 0 Å².